The summed E-state index contributed by atoms with van der Waals surface area (Å²) in [6.45, 7) is 3.16. The average molecular weight is 293 g/mol. The van der Waals surface area contributed by atoms with Gasteiger partial charge in [-0.25, -0.2) is 0 Å². The van der Waals surface area contributed by atoms with Crippen molar-refractivity contribution in [2.75, 3.05) is 12.3 Å². The molecule has 1 fully saturated rings. The van der Waals surface area contributed by atoms with Crippen LogP contribution in [0, 0.1) is 0 Å². The maximum Gasteiger partial charge on any atom is 0.0436 e. The SMILES string of the molecule is CCCNC(CS(=O)C1CCCCC1)c1ccccc1. The fraction of sp³-hybridized carbons (Fsp3) is 0.647. The Labute approximate surface area is 125 Å². The standard InChI is InChI=1S/C17H27NOS/c1-2-13-18-17(15-9-5-3-6-10-15)14-20(19)16-11-7-4-8-12-16/h3,5-6,9-10,16-18H,2,4,7-8,11-14H2,1H3. The third-order valence-corrected chi connectivity index (χ3v) is 5.97. The summed E-state index contributed by atoms with van der Waals surface area (Å²) in [5.74, 6) is 0.759. The first kappa shape index (κ1) is 15.7. The molecule has 1 aromatic rings. The van der Waals surface area contributed by atoms with E-state index in [0.717, 1.165) is 31.6 Å². The predicted molar refractivity (Wildman–Crippen MR) is 87.4 cm³/mol. The highest BCUT2D eigenvalue weighted by Gasteiger charge is 2.23. The fourth-order valence-corrected chi connectivity index (χ4v) is 4.68. The van der Waals surface area contributed by atoms with E-state index in [9.17, 15) is 4.21 Å². The quantitative estimate of drug-likeness (QED) is 0.828. The molecule has 1 aromatic carbocycles. The Kier molecular flexibility index (Phi) is 6.74. The molecule has 1 aliphatic carbocycles. The molecule has 0 heterocycles. The molecular formula is C17H27NOS. The Hall–Kier alpha value is -0.670. The van der Waals surface area contributed by atoms with Crippen LogP contribution in [0.25, 0.3) is 0 Å². The zero-order chi connectivity index (χ0) is 14.2. The normalized spacial score (nSPS) is 19.6. The van der Waals surface area contributed by atoms with Crippen LogP contribution >= 0.6 is 0 Å². The van der Waals surface area contributed by atoms with E-state index in [-0.39, 0.29) is 6.04 Å². The van der Waals surface area contributed by atoms with E-state index in [2.05, 4.69) is 36.5 Å². The molecule has 0 aromatic heterocycles. The third-order valence-electron chi connectivity index (χ3n) is 4.10. The molecule has 2 unspecified atom stereocenters. The topological polar surface area (TPSA) is 29.1 Å². The van der Waals surface area contributed by atoms with Crippen LogP contribution in [-0.2, 0) is 10.8 Å². The second-order valence-corrected chi connectivity index (χ2v) is 7.49. The van der Waals surface area contributed by atoms with Gasteiger partial charge >= 0.3 is 0 Å². The number of rotatable bonds is 7. The summed E-state index contributed by atoms with van der Waals surface area (Å²) in [6, 6.07) is 10.7. The van der Waals surface area contributed by atoms with Crippen LogP contribution < -0.4 is 5.32 Å². The lowest BCUT2D eigenvalue weighted by molar-refractivity contribution is 0.500. The monoisotopic (exact) mass is 293 g/mol. The second kappa shape index (κ2) is 8.58. The third kappa shape index (κ3) is 4.71. The molecule has 1 N–H and O–H groups in total. The number of hydrogen-bond donors (Lipinski definition) is 1. The van der Waals surface area contributed by atoms with Gasteiger partial charge in [0.05, 0.1) is 0 Å². The minimum Gasteiger partial charge on any atom is -0.309 e. The van der Waals surface area contributed by atoms with E-state index in [4.69, 9.17) is 0 Å². The second-order valence-electron chi connectivity index (χ2n) is 5.72. The molecule has 0 radical (unpaired) electrons. The van der Waals surface area contributed by atoms with Crippen LogP contribution in [-0.4, -0.2) is 21.8 Å². The van der Waals surface area contributed by atoms with E-state index >= 15 is 0 Å². The average Bonchev–Trinajstić information content (AvgIpc) is 2.53. The molecular weight excluding hydrogens is 266 g/mol. The first-order valence-electron chi connectivity index (χ1n) is 7.96. The summed E-state index contributed by atoms with van der Waals surface area (Å²) >= 11 is 0. The summed E-state index contributed by atoms with van der Waals surface area (Å²) in [5.41, 5.74) is 1.27. The van der Waals surface area contributed by atoms with Crippen LogP contribution in [0.1, 0.15) is 57.1 Å². The lowest BCUT2D eigenvalue weighted by Crippen LogP contribution is -2.31. The molecule has 2 nitrogen and oxygen atoms in total. The van der Waals surface area contributed by atoms with E-state index in [1.54, 1.807) is 0 Å². The predicted octanol–water partition coefficient (Wildman–Crippen LogP) is 3.81. The minimum atomic E-state index is -0.703. The molecule has 3 heteroatoms. The molecule has 0 spiro atoms. The Morgan fingerprint density at radius 3 is 2.55 bits per heavy atom. The van der Waals surface area contributed by atoms with Gasteiger partial charge in [0.15, 0.2) is 0 Å². The van der Waals surface area contributed by atoms with Crippen LogP contribution in [0.3, 0.4) is 0 Å². The van der Waals surface area contributed by atoms with E-state index < -0.39 is 10.8 Å². The van der Waals surface area contributed by atoms with E-state index in [1.807, 2.05) is 6.07 Å². The zero-order valence-electron chi connectivity index (χ0n) is 12.5. The van der Waals surface area contributed by atoms with Crippen molar-refractivity contribution < 1.29 is 4.21 Å². The summed E-state index contributed by atoms with van der Waals surface area (Å²) in [7, 11) is -0.703. The van der Waals surface area contributed by atoms with Gasteiger partial charge in [0.1, 0.15) is 0 Å². The van der Waals surface area contributed by atoms with Crippen molar-refractivity contribution in [1.29, 1.82) is 0 Å². The van der Waals surface area contributed by atoms with Gasteiger partial charge in [0.2, 0.25) is 0 Å². The van der Waals surface area contributed by atoms with Gasteiger partial charge in [-0.05, 0) is 31.4 Å². The van der Waals surface area contributed by atoms with Crippen molar-refractivity contribution >= 4 is 10.8 Å². The Bertz CT molecular complexity index is 401. The van der Waals surface area contributed by atoms with Gasteiger partial charge in [-0.3, -0.25) is 4.21 Å². The van der Waals surface area contributed by atoms with Gasteiger partial charge in [0, 0.05) is 27.8 Å². The lowest BCUT2D eigenvalue weighted by Gasteiger charge is -2.25. The largest absolute Gasteiger partial charge is 0.309 e. The molecule has 0 saturated heterocycles. The molecule has 2 atom stereocenters. The molecule has 112 valence electrons. The van der Waals surface area contributed by atoms with Crippen molar-refractivity contribution in [2.45, 2.75) is 56.7 Å². The number of benzene rings is 1. The van der Waals surface area contributed by atoms with Gasteiger partial charge in [0.25, 0.3) is 0 Å². The van der Waals surface area contributed by atoms with Crippen molar-refractivity contribution in [3.8, 4) is 0 Å². The lowest BCUT2D eigenvalue weighted by atomic mass is 10.0. The molecule has 0 aliphatic heterocycles. The van der Waals surface area contributed by atoms with Crippen molar-refractivity contribution in [3.05, 3.63) is 35.9 Å². The molecule has 2 rings (SSSR count). The van der Waals surface area contributed by atoms with Crippen LogP contribution in [0.15, 0.2) is 30.3 Å². The van der Waals surface area contributed by atoms with Gasteiger partial charge in [-0.15, -0.1) is 0 Å². The highest BCUT2D eigenvalue weighted by atomic mass is 32.2. The summed E-state index contributed by atoms with van der Waals surface area (Å²) in [4.78, 5) is 0. The Morgan fingerprint density at radius 2 is 1.90 bits per heavy atom. The highest BCUT2D eigenvalue weighted by Crippen LogP contribution is 2.24. The Morgan fingerprint density at radius 1 is 1.20 bits per heavy atom. The first-order valence-corrected chi connectivity index (χ1v) is 9.35. The van der Waals surface area contributed by atoms with Crippen molar-refractivity contribution in [1.82, 2.24) is 5.32 Å². The Balaban J connectivity index is 1.97. The van der Waals surface area contributed by atoms with Gasteiger partial charge in [-0.1, -0.05) is 56.5 Å². The molecule has 1 aliphatic rings. The zero-order valence-corrected chi connectivity index (χ0v) is 13.3. The van der Waals surface area contributed by atoms with Crippen LogP contribution in [0.2, 0.25) is 0 Å². The first-order chi connectivity index (χ1) is 9.81. The van der Waals surface area contributed by atoms with Crippen LogP contribution in [0.5, 0.6) is 0 Å². The van der Waals surface area contributed by atoms with Crippen molar-refractivity contribution in [2.24, 2.45) is 0 Å². The highest BCUT2D eigenvalue weighted by molar-refractivity contribution is 7.85. The van der Waals surface area contributed by atoms with Crippen molar-refractivity contribution in [3.63, 3.8) is 0 Å². The summed E-state index contributed by atoms with van der Waals surface area (Å²) in [5, 5.41) is 3.99. The van der Waals surface area contributed by atoms with E-state index in [0.29, 0.717) is 5.25 Å². The molecule has 0 bridgehead atoms. The molecule has 1 saturated carbocycles. The maximum atomic E-state index is 12.6. The molecule has 20 heavy (non-hydrogen) atoms. The molecule has 0 amide bonds. The fourth-order valence-electron chi connectivity index (χ4n) is 2.91. The number of nitrogens with one attached hydrogen (secondary N) is 1. The van der Waals surface area contributed by atoms with E-state index in [1.165, 1.54) is 24.8 Å². The smallest absolute Gasteiger partial charge is 0.0436 e. The van der Waals surface area contributed by atoms with Crippen LogP contribution in [0.4, 0.5) is 0 Å². The summed E-state index contributed by atoms with van der Waals surface area (Å²) in [6.07, 6.45) is 7.26. The summed E-state index contributed by atoms with van der Waals surface area (Å²) < 4.78 is 12.6. The number of hydrogen-bond acceptors (Lipinski definition) is 2. The van der Waals surface area contributed by atoms with Gasteiger partial charge < -0.3 is 5.32 Å². The van der Waals surface area contributed by atoms with Gasteiger partial charge in [-0.2, -0.15) is 0 Å². The maximum absolute atomic E-state index is 12.6. The minimum absolute atomic E-state index is 0.235.